The molecule has 0 bridgehead atoms. The van der Waals surface area contributed by atoms with Crippen molar-refractivity contribution < 1.29 is 36.9 Å². The molecule has 0 radical (unpaired) electrons. The first-order valence-corrected chi connectivity index (χ1v) is 12.4. The lowest BCUT2D eigenvalue weighted by Gasteiger charge is -2.19. The van der Waals surface area contributed by atoms with E-state index in [2.05, 4.69) is 20.7 Å². The molecule has 3 aromatic carbocycles. The minimum atomic E-state index is -3.87. The van der Waals surface area contributed by atoms with Gasteiger partial charge in [0, 0.05) is 21.8 Å². The fourth-order valence-electron chi connectivity index (χ4n) is 3.38. The van der Waals surface area contributed by atoms with Gasteiger partial charge in [-0.1, -0.05) is 15.9 Å². The Bertz CT molecular complexity index is 1360. The van der Waals surface area contributed by atoms with Crippen molar-refractivity contribution in [2.45, 2.75) is 11.5 Å². The van der Waals surface area contributed by atoms with Crippen LogP contribution in [-0.2, 0) is 21.4 Å². The Balaban J connectivity index is 1.23. The fourth-order valence-corrected chi connectivity index (χ4v) is 4.89. The molecule has 0 saturated heterocycles. The SMILES string of the molecule is O=C(OCc1cc2c(cc1Br)OCO2)c1ccc(NS(=O)(=O)c2ccc3c(c2)OCCO3)cc1. The number of benzene rings is 3. The molecule has 2 aliphatic heterocycles. The number of anilines is 1. The van der Waals surface area contributed by atoms with Crippen molar-refractivity contribution >= 4 is 37.6 Å². The number of sulfonamides is 1. The molecule has 5 rings (SSSR count). The molecule has 0 unspecified atom stereocenters. The summed E-state index contributed by atoms with van der Waals surface area (Å²) in [5, 5.41) is 0. The van der Waals surface area contributed by atoms with Crippen LogP contribution in [0, 0.1) is 0 Å². The van der Waals surface area contributed by atoms with E-state index in [0.29, 0.717) is 41.9 Å². The smallest absolute Gasteiger partial charge is 0.338 e. The standard InChI is InChI=1S/C23H18BrNO8S/c24-18-11-22-20(32-13-33-22)9-15(18)12-31-23(26)14-1-3-16(4-2-14)25-34(27,28)17-5-6-19-21(10-17)30-8-7-29-19/h1-6,9-11,25H,7-8,12-13H2. The molecule has 176 valence electrons. The van der Waals surface area contributed by atoms with E-state index in [1.54, 1.807) is 18.2 Å². The number of rotatable bonds is 6. The third-order valence-corrected chi connectivity index (χ3v) is 7.21. The fraction of sp³-hybridized carbons (Fsp3) is 0.174. The largest absolute Gasteiger partial charge is 0.486 e. The number of halogens is 1. The van der Waals surface area contributed by atoms with Gasteiger partial charge in [0.2, 0.25) is 6.79 Å². The minimum absolute atomic E-state index is 0.0224. The lowest BCUT2D eigenvalue weighted by molar-refractivity contribution is 0.0471. The van der Waals surface area contributed by atoms with Gasteiger partial charge in [-0.05, 0) is 48.5 Å². The zero-order valence-electron chi connectivity index (χ0n) is 17.6. The van der Waals surface area contributed by atoms with E-state index in [9.17, 15) is 13.2 Å². The molecule has 0 spiro atoms. The number of fused-ring (bicyclic) bond motifs is 2. The maximum Gasteiger partial charge on any atom is 0.338 e. The molecule has 3 aromatic rings. The third-order valence-electron chi connectivity index (χ3n) is 5.10. The van der Waals surface area contributed by atoms with Gasteiger partial charge in [-0.2, -0.15) is 0 Å². The molecular formula is C23H18BrNO8S. The van der Waals surface area contributed by atoms with Crippen molar-refractivity contribution in [1.82, 2.24) is 0 Å². The summed E-state index contributed by atoms with van der Waals surface area (Å²) in [6.07, 6.45) is 0. The summed E-state index contributed by atoms with van der Waals surface area (Å²) in [6, 6.07) is 13.9. The van der Waals surface area contributed by atoms with Gasteiger partial charge in [0.05, 0.1) is 10.5 Å². The predicted molar refractivity (Wildman–Crippen MR) is 124 cm³/mol. The summed E-state index contributed by atoms with van der Waals surface area (Å²) in [6.45, 7) is 0.942. The third kappa shape index (κ3) is 4.62. The molecule has 11 heteroatoms. The van der Waals surface area contributed by atoms with Crippen molar-refractivity contribution in [3.8, 4) is 23.0 Å². The number of carbonyl (C=O) groups excluding carboxylic acids is 1. The summed E-state index contributed by atoms with van der Waals surface area (Å²) in [7, 11) is -3.87. The molecule has 9 nitrogen and oxygen atoms in total. The number of hydrogen-bond acceptors (Lipinski definition) is 8. The van der Waals surface area contributed by atoms with Gasteiger partial charge in [-0.25, -0.2) is 13.2 Å². The number of esters is 1. The van der Waals surface area contributed by atoms with Gasteiger partial charge < -0.3 is 23.7 Å². The van der Waals surface area contributed by atoms with E-state index in [-0.39, 0.29) is 23.9 Å². The lowest BCUT2D eigenvalue weighted by Crippen LogP contribution is -2.17. The normalized spacial score (nSPS) is 13.9. The molecule has 0 saturated carbocycles. The summed E-state index contributed by atoms with van der Waals surface area (Å²) < 4.78 is 55.6. The van der Waals surface area contributed by atoms with E-state index >= 15 is 0 Å². The zero-order chi connectivity index (χ0) is 23.7. The van der Waals surface area contributed by atoms with E-state index in [0.717, 1.165) is 10.0 Å². The highest BCUT2D eigenvalue weighted by Crippen LogP contribution is 2.37. The van der Waals surface area contributed by atoms with E-state index in [4.69, 9.17) is 23.7 Å². The maximum absolute atomic E-state index is 12.8. The Morgan fingerprint density at radius 1 is 0.882 bits per heavy atom. The second-order valence-corrected chi connectivity index (χ2v) is 9.90. The van der Waals surface area contributed by atoms with Crippen molar-refractivity contribution in [2.75, 3.05) is 24.7 Å². The molecule has 0 amide bonds. The van der Waals surface area contributed by atoms with Gasteiger partial charge in [0.25, 0.3) is 10.0 Å². The van der Waals surface area contributed by atoms with Crippen LogP contribution < -0.4 is 23.7 Å². The van der Waals surface area contributed by atoms with E-state index in [1.165, 1.54) is 36.4 Å². The number of ether oxygens (including phenoxy) is 5. The highest BCUT2D eigenvalue weighted by molar-refractivity contribution is 9.10. The topological polar surface area (TPSA) is 109 Å². The van der Waals surface area contributed by atoms with Gasteiger partial charge in [0.1, 0.15) is 19.8 Å². The second-order valence-electron chi connectivity index (χ2n) is 7.36. The van der Waals surface area contributed by atoms with Gasteiger partial charge in [0.15, 0.2) is 23.0 Å². The molecule has 0 fully saturated rings. The van der Waals surface area contributed by atoms with E-state index < -0.39 is 16.0 Å². The summed E-state index contributed by atoms with van der Waals surface area (Å²) in [5.74, 6) is 1.54. The molecule has 2 aliphatic rings. The summed E-state index contributed by atoms with van der Waals surface area (Å²) >= 11 is 3.43. The monoisotopic (exact) mass is 547 g/mol. The lowest BCUT2D eigenvalue weighted by atomic mass is 10.2. The van der Waals surface area contributed by atoms with Crippen LogP contribution >= 0.6 is 15.9 Å². The first-order valence-electron chi connectivity index (χ1n) is 10.2. The predicted octanol–water partition coefficient (Wildman–Crippen LogP) is 4.11. The van der Waals surface area contributed by atoms with Crippen LogP contribution in [0.25, 0.3) is 0 Å². The Hall–Kier alpha value is -3.44. The molecule has 1 N–H and O–H groups in total. The number of nitrogens with one attached hydrogen (secondary N) is 1. The van der Waals surface area contributed by atoms with Gasteiger partial charge in [-0.3, -0.25) is 4.72 Å². The molecular weight excluding hydrogens is 530 g/mol. The van der Waals surface area contributed by atoms with Crippen LogP contribution in [0.3, 0.4) is 0 Å². The Kier molecular flexibility index (Phi) is 5.96. The quantitative estimate of drug-likeness (QED) is 0.459. The first-order chi connectivity index (χ1) is 16.4. The van der Waals surface area contributed by atoms with Crippen molar-refractivity contribution in [1.29, 1.82) is 0 Å². The van der Waals surface area contributed by atoms with Crippen molar-refractivity contribution in [3.05, 3.63) is 70.2 Å². The van der Waals surface area contributed by atoms with E-state index in [1.807, 2.05) is 0 Å². The second kappa shape index (κ2) is 9.07. The minimum Gasteiger partial charge on any atom is -0.486 e. The average molecular weight is 548 g/mol. The highest BCUT2D eigenvalue weighted by Gasteiger charge is 2.20. The first kappa shape index (κ1) is 22.4. The van der Waals surface area contributed by atoms with Crippen LogP contribution in [-0.4, -0.2) is 34.4 Å². The zero-order valence-corrected chi connectivity index (χ0v) is 20.0. The van der Waals surface area contributed by atoms with Crippen LogP contribution in [0.4, 0.5) is 5.69 Å². The highest BCUT2D eigenvalue weighted by atomic mass is 79.9. The van der Waals surface area contributed by atoms with Gasteiger partial charge in [-0.15, -0.1) is 0 Å². The Labute approximate surface area is 203 Å². The van der Waals surface area contributed by atoms with Crippen LogP contribution in [0.2, 0.25) is 0 Å². The molecule has 0 aromatic heterocycles. The number of carbonyl (C=O) groups is 1. The molecule has 34 heavy (non-hydrogen) atoms. The molecule has 0 aliphatic carbocycles. The summed E-state index contributed by atoms with van der Waals surface area (Å²) in [5.41, 5.74) is 1.30. The average Bonchev–Trinajstić information content (AvgIpc) is 3.29. The maximum atomic E-state index is 12.8. The van der Waals surface area contributed by atoms with Crippen molar-refractivity contribution in [3.63, 3.8) is 0 Å². The summed E-state index contributed by atoms with van der Waals surface area (Å²) in [4.78, 5) is 12.5. The Morgan fingerprint density at radius 2 is 1.56 bits per heavy atom. The van der Waals surface area contributed by atoms with Crippen molar-refractivity contribution in [2.24, 2.45) is 0 Å². The number of hydrogen-bond donors (Lipinski definition) is 1. The molecule has 0 atom stereocenters. The van der Waals surface area contributed by atoms with Crippen LogP contribution in [0.5, 0.6) is 23.0 Å². The van der Waals surface area contributed by atoms with Crippen LogP contribution in [0.15, 0.2) is 64.0 Å². The Morgan fingerprint density at radius 3 is 2.32 bits per heavy atom. The molecule has 2 heterocycles. The van der Waals surface area contributed by atoms with Gasteiger partial charge >= 0.3 is 5.97 Å². The van der Waals surface area contributed by atoms with Crippen LogP contribution in [0.1, 0.15) is 15.9 Å².